The molecule has 4 rings (SSSR count). The van der Waals surface area contributed by atoms with Crippen LogP contribution < -0.4 is 0 Å². The minimum absolute atomic E-state index is 0.264. The zero-order valence-electron chi connectivity index (χ0n) is 15.2. The maximum absolute atomic E-state index is 12.3. The number of pyridine rings is 1. The molecule has 0 saturated carbocycles. The number of nitrogens with zero attached hydrogens (tertiary/aromatic N) is 2. The van der Waals surface area contributed by atoms with Crippen molar-refractivity contribution in [3.8, 4) is 0 Å². The van der Waals surface area contributed by atoms with Crippen molar-refractivity contribution in [3.05, 3.63) is 102 Å². The molecule has 2 aromatic carbocycles. The van der Waals surface area contributed by atoms with Gasteiger partial charge in [0.25, 0.3) is 0 Å². The van der Waals surface area contributed by atoms with E-state index >= 15 is 0 Å². The molecule has 0 spiro atoms. The van der Waals surface area contributed by atoms with Crippen LogP contribution in [0.3, 0.4) is 0 Å². The van der Waals surface area contributed by atoms with Crippen LogP contribution in [0.25, 0.3) is 0 Å². The van der Waals surface area contributed by atoms with E-state index in [1.54, 1.807) is 6.20 Å². The van der Waals surface area contributed by atoms with Crippen molar-refractivity contribution < 1.29 is 9.84 Å². The number of ether oxygens (including phenoxy) is 1. The van der Waals surface area contributed by atoms with Crippen LogP contribution in [0.2, 0.25) is 0 Å². The second kappa shape index (κ2) is 8.01. The van der Waals surface area contributed by atoms with Crippen molar-refractivity contribution in [1.82, 2.24) is 9.88 Å². The van der Waals surface area contributed by atoms with E-state index in [1.807, 2.05) is 66.7 Å². The van der Waals surface area contributed by atoms with Crippen molar-refractivity contribution in [2.24, 2.45) is 0 Å². The molecule has 3 aromatic rings. The standard InChI is InChI=1S/C23H24N2O2/c26-23(20-11-5-2-6-12-20,21-13-7-8-14-24-21)22(19-9-3-1-4-10-19)25-15-17-27-18-16-25/h1-14,22,26H,15-18H2/t22-,23-/m1/s1. The predicted molar refractivity (Wildman–Crippen MR) is 105 cm³/mol. The Morgan fingerprint density at radius 2 is 1.48 bits per heavy atom. The molecule has 4 nitrogen and oxygen atoms in total. The molecule has 0 aliphatic carbocycles. The Balaban J connectivity index is 1.91. The molecule has 0 unspecified atom stereocenters. The predicted octanol–water partition coefficient (Wildman–Crippen LogP) is 3.39. The summed E-state index contributed by atoms with van der Waals surface area (Å²) in [4.78, 5) is 6.87. The van der Waals surface area contributed by atoms with E-state index in [1.165, 1.54) is 0 Å². The van der Waals surface area contributed by atoms with E-state index in [0.717, 1.165) is 24.2 Å². The molecule has 1 aliphatic rings. The van der Waals surface area contributed by atoms with Crippen LogP contribution in [0, 0.1) is 0 Å². The first-order valence-corrected chi connectivity index (χ1v) is 9.36. The number of hydrogen-bond donors (Lipinski definition) is 1. The van der Waals surface area contributed by atoms with Crippen molar-refractivity contribution in [3.63, 3.8) is 0 Å². The highest BCUT2D eigenvalue weighted by Crippen LogP contribution is 2.43. The van der Waals surface area contributed by atoms with E-state index in [4.69, 9.17) is 4.74 Å². The highest BCUT2D eigenvalue weighted by atomic mass is 16.5. The molecule has 27 heavy (non-hydrogen) atoms. The number of morpholine rings is 1. The van der Waals surface area contributed by atoms with Gasteiger partial charge in [-0.05, 0) is 23.3 Å². The molecule has 0 bridgehead atoms. The van der Waals surface area contributed by atoms with Gasteiger partial charge in [0.2, 0.25) is 0 Å². The van der Waals surface area contributed by atoms with Gasteiger partial charge in [-0.25, -0.2) is 0 Å². The molecule has 2 heterocycles. The highest BCUT2D eigenvalue weighted by molar-refractivity contribution is 5.38. The lowest BCUT2D eigenvalue weighted by Crippen LogP contribution is -2.49. The molecule has 2 atom stereocenters. The first-order valence-electron chi connectivity index (χ1n) is 9.36. The fourth-order valence-corrected chi connectivity index (χ4v) is 3.91. The second-order valence-corrected chi connectivity index (χ2v) is 6.81. The average molecular weight is 360 g/mol. The largest absolute Gasteiger partial charge is 0.379 e. The van der Waals surface area contributed by atoms with Gasteiger partial charge >= 0.3 is 0 Å². The minimum atomic E-state index is -1.28. The summed E-state index contributed by atoms with van der Waals surface area (Å²) >= 11 is 0. The lowest BCUT2D eigenvalue weighted by Gasteiger charge is -2.44. The number of benzene rings is 2. The first-order chi connectivity index (χ1) is 13.3. The molecule has 0 amide bonds. The van der Waals surface area contributed by atoms with E-state index in [-0.39, 0.29) is 6.04 Å². The maximum Gasteiger partial charge on any atom is 0.151 e. The third-order valence-corrected chi connectivity index (χ3v) is 5.19. The summed E-state index contributed by atoms with van der Waals surface area (Å²) < 4.78 is 5.57. The topological polar surface area (TPSA) is 45.6 Å². The summed E-state index contributed by atoms with van der Waals surface area (Å²) in [6, 6.07) is 25.5. The Bertz CT molecular complexity index is 795. The summed E-state index contributed by atoms with van der Waals surface area (Å²) in [5.41, 5.74) is 1.28. The molecule has 1 N–H and O–H groups in total. The molecule has 1 aliphatic heterocycles. The summed E-state index contributed by atoms with van der Waals surface area (Å²) in [6.07, 6.45) is 1.74. The lowest BCUT2D eigenvalue weighted by molar-refractivity contribution is -0.0638. The SMILES string of the molecule is O[C@](c1ccccc1)(c1ccccn1)[C@@H](c1ccccc1)N1CCOCC1. The normalized spacial score (nSPS) is 18.6. The zero-order chi connectivity index (χ0) is 18.5. The van der Waals surface area contributed by atoms with E-state index < -0.39 is 5.60 Å². The third kappa shape index (κ3) is 3.52. The molecule has 0 radical (unpaired) electrons. The lowest BCUT2D eigenvalue weighted by atomic mass is 9.78. The van der Waals surface area contributed by atoms with Crippen LogP contribution in [0.15, 0.2) is 85.1 Å². The molecule has 138 valence electrons. The zero-order valence-corrected chi connectivity index (χ0v) is 15.2. The Labute approximate surface area is 160 Å². The highest BCUT2D eigenvalue weighted by Gasteiger charge is 2.45. The van der Waals surface area contributed by atoms with Gasteiger partial charge in [-0.1, -0.05) is 66.7 Å². The molecular weight excluding hydrogens is 336 g/mol. The Morgan fingerprint density at radius 3 is 2.11 bits per heavy atom. The Kier molecular flexibility index (Phi) is 5.30. The third-order valence-electron chi connectivity index (χ3n) is 5.19. The van der Waals surface area contributed by atoms with Gasteiger partial charge in [-0.15, -0.1) is 0 Å². The summed E-state index contributed by atoms with van der Waals surface area (Å²) in [5, 5.41) is 12.3. The van der Waals surface area contributed by atoms with Gasteiger partial charge in [0.15, 0.2) is 5.60 Å². The number of aliphatic hydroxyl groups is 1. The van der Waals surface area contributed by atoms with Crippen molar-refractivity contribution in [1.29, 1.82) is 0 Å². The molecule has 1 fully saturated rings. The molecule has 1 aromatic heterocycles. The quantitative estimate of drug-likeness (QED) is 0.758. The van der Waals surface area contributed by atoms with Crippen LogP contribution in [0.1, 0.15) is 22.9 Å². The van der Waals surface area contributed by atoms with E-state index in [9.17, 15) is 5.11 Å². The fraction of sp³-hybridized carbons (Fsp3) is 0.261. The summed E-state index contributed by atoms with van der Waals surface area (Å²) in [7, 11) is 0. The number of hydrogen-bond acceptors (Lipinski definition) is 4. The Hall–Kier alpha value is -2.53. The molecule has 4 heteroatoms. The fourth-order valence-electron chi connectivity index (χ4n) is 3.91. The maximum atomic E-state index is 12.3. The van der Waals surface area contributed by atoms with Crippen LogP contribution in [-0.4, -0.2) is 41.3 Å². The van der Waals surface area contributed by atoms with Gasteiger partial charge < -0.3 is 9.84 Å². The van der Waals surface area contributed by atoms with Crippen LogP contribution in [0.5, 0.6) is 0 Å². The second-order valence-electron chi connectivity index (χ2n) is 6.81. The van der Waals surface area contributed by atoms with Gasteiger partial charge in [0, 0.05) is 19.3 Å². The number of rotatable bonds is 5. The van der Waals surface area contributed by atoms with Crippen LogP contribution in [0.4, 0.5) is 0 Å². The van der Waals surface area contributed by atoms with Crippen molar-refractivity contribution in [2.45, 2.75) is 11.6 Å². The smallest absolute Gasteiger partial charge is 0.151 e. The Morgan fingerprint density at radius 1 is 0.852 bits per heavy atom. The van der Waals surface area contributed by atoms with E-state index in [0.29, 0.717) is 18.9 Å². The minimum Gasteiger partial charge on any atom is -0.379 e. The van der Waals surface area contributed by atoms with Gasteiger partial charge in [-0.2, -0.15) is 0 Å². The molecular formula is C23H24N2O2. The van der Waals surface area contributed by atoms with Gasteiger partial charge in [-0.3, -0.25) is 9.88 Å². The summed E-state index contributed by atoms with van der Waals surface area (Å²) in [5.74, 6) is 0. The van der Waals surface area contributed by atoms with Gasteiger partial charge in [0.05, 0.1) is 24.9 Å². The monoisotopic (exact) mass is 360 g/mol. The van der Waals surface area contributed by atoms with E-state index in [2.05, 4.69) is 22.0 Å². The van der Waals surface area contributed by atoms with Gasteiger partial charge in [0.1, 0.15) is 0 Å². The molecule has 1 saturated heterocycles. The van der Waals surface area contributed by atoms with Crippen LogP contribution >= 0.6 is 0 Å². The van der Waals surface area contributed by atoms with Crippen molar-refractivity contribution >= 4 is 0 Å². The summed E-state index contributed by atoms with van der Waals surface area (Å²) in [6.45, 7) is 2.86. The average Bonchev–Trinajstić information content (AvgIpc) is 2.76. The van der Waals surface area contributed by atoms with Crippen LogP contribution in [-0.2, 0) is 10.3 Å². The number of aromatic nitrogens is 1. The van der Waals surface area contributed by atoms with Crippen molar-refractivity contribution in [2.75, 3.05) is 26.3 Å². The first kappa shape index (κ1) is 17.9.